The zero-order chi connectivity index (χ0) is 12.5. The molecule has 1 N–H and O–H groups in total. The summed E-state index contributed by atoms with van der Waals surface area (Å²) >= 11 is 0. The summed E-state index contributed by atoms with van der Waals surface area (Å²) < 4.78 is 9.15. The van der Waals surface area contributed by atoms with Crippen molar-refractivity contribution < 1.29 is 4.74 Å². The Balaban J connectivity index is 0.00000133. The van der Waals surface area contributed by atoms with Crippen LogP contribution in [0.2, 0.25) is 0 Å². The molecule has 0 saturated carbocycles. The van der Waals surface area contributed by atoms with E-state index in [9.17, 15) is 4.79 Å². The number of aromatic nitrogens is 2. The number of imidazole rings is 1. The van der Waals surface area contributed by atoms with Crippen molar-refractivity contribution in [3.05, 3.63) is 34.7 Å². The lowest BCUT2D eigenvalue weighted by Crippen LogP contribution is -2.42. The van der Waals surface area contributed by atoms with Crippen LogP contribution in [0.3, 0.4) is 0 Å². The molecular weight excluding hydrogens is 266 g/mol. The normalized spacial score (nSPS) is 19.3. The third-order valence-electron chi connectivity index (χ3n) is 3.44. The molecule has 1 aliphatic rings. The van der Waals surface area contributed by atoms with Crippen LogP contribution in [0, 0.1) is 0 Å². The molecule has 0 bridgehead atoms. The average Bonchev–Trinajstić information content (AvgIpc) is 2.66. The molecule has 2 heterocycles. The zero-order valence-electron chi connectivity index (χ0n) is 10.8. The predicted molar refractivity (Wildman–Crippen MR) is 77.0 cm³/mol. The van der Waals surface area contributed by atoms with Gasteiger partial charge in [-0.25, -0.2) is 4.79 Å². The van der Waals surface area contributed by atoms with Crippen LogP contribution >= 0.6 is 12.4 Å². The largest absolute Gasteiger partial charge is 0.374 e. The van der Waals surface area contributed by atoms with Crippen molar-refractivity contribution in [3.8, 4) is 0 Å². The number of morpholine rings is 1. The van der Waals surface area contributed by atoms with E-state index in [1.807, 2.05) is 24.3 Å². The molecule has 1 aromatic heterocycles. The summed E-state index contributed by atoms with van der Waals surface area (Å²) in [6, 6.07) is 7.85. The number of nitrogens with one attached hydrogen (secondary N) is 1. The molecule has 0 spiro atoms. The highest BCUT2D eigenvalue weighted by Gasteiger charge is 2.17. The molecule has 3 rings (SSSR count). The van der Waals surface area contributed by atoms with Crippen LogP contribution in [-0.2, 0) is 18.3 Å². The van der Waals surface area contributed by atoms with Gasteiger partial charge in [0.15, 0.2) is 0 Å². The lowest BCUT2D eigenvalue weighted by molar-refractivity contribution is 0.0183. The van der Waals surface area contributed by atoms with Crippen molar-refractivity contribution in [3.63, 3.8) is 0 Å². The second kappa shape index (κ2) is 5.77. The van der Waals surface area contributed by atoms with Crippen LogP contribution < -0.4 is 11.0 Å². The fourth-order valence-electron chi connectivity index (χ4n) is 2.48. The van der Waals surface area contributed by atoms with Gasteiger partial charge in [0.2, 0.25) is 0 Å². The summed E-state index contributed by atoms with van der Waals surface area (Å²) in [7, 11) is 1.81. The quantitative estimate of drug-likeness (QED) is 0.885. The third kappa shape index (κ3) is 2.54. The van der Waals surface area contributed by atoms with Gasteiger partial charge in [-0.3, -0.25) is 9.13 Å². The standard InChI is InChI=1S/C13H17N3O2.ClH/c1-15-11-4-2-3-5-12(11)16(13(15)17)9-10-8-14-6-7-18-10;/h2-5,10,14H,6-9H2,1H3;1H. The van der Waals surface area contributed by atoms with E-state index in [1.54, 1.807) is 16.2 Å². The number of para-hydroxylation sites is 2. The maximum Gasteiger partial charge on any atom is 0.328 e. The van der Waals surface area contributed by atoms with E-state index in [2.05, 4.69) is 5.32 Å². The predicted octanol–water partition coefficient (Wildman–Crippen LogP) is 0.750. The molecule has 1 atom stereocenters. The fraction of sp³-hybridized carbons (Fsp3) is 0.462. The monoisotopic (exact) mass is 283 g/mol. The van der Waals surface area contributed by atoms with Crippen LogP contribution in [0.25, 0.3) is 11.0 Å². The van der Waals surface area contributed by atoms with Crippen LogP contribution in [0.1, 0.15) is 0 Å². The van der Waals surface area contributed by atoms with E-state index in [-0.39, 0.29) is 24.2 Å². The van der Waals surface area contributed by atoms with Gasteiger partial charge in [0, 0.05) is 20.1 Å². The first-order valence-corrected chi connectivity index (χ1v) is 6.24. The number of halogens is 1. The van der Waals surface area contributed by atoms with Gasteiger partial charge >= 0.3 is 5.69 Å². The Labute approximate surface area is 117 Å². The number of fused-ring (bicyclic) bond motifs is 1. The maximum absolute atomic E-state index is 12.2. The van der Waals surface area contributed by atoms with Crippen molar-refractivity contribution >= 4 is 23.4 Å². The van der Waals surface area contributed by atoms with Crippen LogP contribution in [-0.4, -0.2) is 34.9 Å². The van der Waals surface area contributed by atoms with Crippen molar-refractivity contribution in [1.82, 2.24) is 14.5 Å². The number of nitrogens with zero attached hydrogens (tertiary/aromatic N) is 2. The topological polar surface area (TPSA) is 48.2 Å². The average molecular weight is 284 g/mol. The Morgan fingerprint density at radius 2 is 2.11 bits per heavy atom. The van der Waals surface area contributed by atoms with Crippen molar-refractivity contribution in [2.45, 2.75) is 12.6 Å². The fourth-order valence-corrected chi connectivity index (χ4v) is 2.48. The molecule has 19 heavy (non-hydrogen) atoms. The Kier molecular flexibility index (Phi) is 4.29. The van der Waals surface area contributed by atoms with Gasteiger partial charge < -0.3 is 10.1 Å². The molecule has 104 valence electrons. The highest BCUT2D eigenvalue weighted by molar-refractivity contribution is 5.85. The third-order valence-corrected chi connectivity index (χ3v) is 3.44. The van der Waals surface area contributed by atoms with Gasteiger partial charge in [-0.05, 0) is 12.1 Å². The Hall–Kier alpha value is -1.30. The Morgan fingerprint density at radius 3 is 2.79 bits per heavy atom. The van der Waals surface area contributed by atoms with Crippen LogP contribution in [0.4, 0.5) is 0 Å². The van der Waals surface area contributed by atoms with Crippen LogP contribution in [0.5, 0.6) is 0 Å². The number of benzene rings is 1. The SMILES string of the molecule is Cl.Cn1c(=O)n(CC2CNCCO2)c2ccccc21. The van der Waals surface area contributed by atoms with Gasteiger partial charge in [0.25, 0.3) is 0 Å². The summed E-state index contributed by atoms with van der Waals surface area (Å²) in [6.07, 6.45) is 0.0715. The highest BCUT2D eigenvalue weighted by atomic mass is 35.5. The molecule has 0 radical (unpaired) electrons. The van der Waals surface area contributed by atoms with Crippen molar-refractivity contribution in [2.75, 3.05) is 19.7 Å². The minimum atomic E-state index is 0. The van der Waals surface area contributed by atoms with Gasteiger partial charge in [-0.2, -0.15) is 0 Å². The minimum absolute atomic E-state index is 0. The highest BCUT2D eigenvalue weighted by Crippen LogP contribution is 2.12. The first-order valence-electron chi connectivity index (χ1n) is 6.24. The Bertz CT molecular complexity index is 614. The van der Waals surface area contributed by atoms with Crippen molar-refractivity contribution in [2.24, 2.45) is 7.05 Å². The molecule has 5 nitrogen and oxygen atoms in total. The maximum atomic E-state index is 12.2. The minimum Gasteiger partial charge on any atom is -0.374 e. The number of rotatable bonds is 2. The van der Waals surface area contributed by atoms with E-state index < -0.39 is 0 Å². The molecule has 2 aromatic rings. The van der Waals surface area contributed by atoms with E-state index >= 15 is 0 Å². The van der Waals surface area contributed by atoms with E-state index in [0.717, 1.165) is 24.1 Å². The van der Waals surface area contributed by atoms with Crippen LogP contribution in [0.15, 0.2) is 29.1 Å². The van der Waals surface area contributed by atoms with Gasteiger partial charge in [-0.15, -0.1) is 12.4 Å². The van der Waals surface area contributed by atoms with E-state index in [1.165, 1.54) is 0 Å². The van der Waals surface area contributed by atoms with Gasteiger partial charge in [0.05, 0.1) is 30.3 Å². The molecular formula is C13H18ClN3O2. The molecule has 6 heteroatoms. The van der Waals surface area contributed by atoms with E-state index in [0.29, 0.717) is 13.2 Å². The number of aryl methyl sites for hydroxylation is 1. The van der Waals surface area contributed by atoms with E-state index in [4.69, 9.17) is 4.74 Å². The van der Waals surface area contributed by atoms with Gasteiger partial charge in [-0.1, -0.05) is 12.1 Å². The summed E-state index contributed by atoms with van der Waals surface area (Å²) in [6.45, 7) is 3.01. The molecule has 1 saturated heterocycles. The summed E-state index contributed by atoms with van der Waals surface area (Å²) in [5, 5.41) is 3.28. The summed E-state index contributed by atoms with van der Waals surface area (Å²) in [5.74, 6) is 0. The molecule has 1 aliphatic heterocycles. The zero-order valence-corrected chi connectivity index (χ0v) is 11.7. The number of ether oxygens (including phenoxy) is 1. The lowest BCUT2D eigenvalue weighted by Gasteiger charge is -2.23. The molecule has 0 aliphatic carbocycles. The second-order valence-corrected chi connectivity index (χ2v) is 4.64. The smallest absolute Gasteiger partial charge is 0.328 e. The first-order chi connectivity index (χ1) is 8.77. The summed E-state index contributed by atoms with van der Waals surface area (Å²) in [4.78, 5) is 12.2. The second-order valence-electron chi connectivity index (χ2n) is 4.64. The lowest BCUT2D eigenvalue weighted by atomic mass is 10.3. The molecule has 1 fully saturated rings. The van der Waals surface area contributed by atoms with Crippen molar-refractivity contribution in [1.29, 1.82) is 0 Å². The first kappa shape index (κ1) is 14.1. The number of hydrogen-bond acceptors (Lipinski definition) is 3. The Morgan fingerprint density at radius 1 is 1.37 bits per heavy atom. The van der Waals surface area contributed by atoms with Gasteiger partial charge in [0.1, 0.15) is 0 Å². The molecule has 1 unspecified atom stereocenters. The number of hydrogen-bond donors (Lipinski definition) is 1. The molecule has 1 aromatic carbocycles. The summed E-state index contributed by atoms with van der Waals surface area (Å²) in [5.41, 5.74) is 1.95. The molecule has 0 amide bonds.